The Morgan fingerprint density at radius 2 is 1.97 bits per heavy atom. The third-order valence-electron chi connectivity index (χ3n) is 6.28. The van der Waals surface area contributed by atoms with Gasteiger partial charge in [0.1, 0.15) is 29.9 Å². The van der Waals surface area contributed by atoms with Gasteiger partial charge in [0.2, 0.25) is 0 Å². The fourth-order valence-electron chi connectivity index (χ4n) is 4.49. The van der Waals surface area contributed by atoms with Crippen LogP contribution in [0.1, 0.15) is 54.6 Å². The zero-order chi connectivity index (χ0) is 22.3. The summed E-state index contributed by atoms with van der Waals surface area (Å²) in [4.78, 5) is 15.5. The van der Waals surface area contributed by atoms with Gasteiger partial charge in [-0.1, -0.05) is 18.0 Å². The number of aromatic nitrogens is 2. The normalized spacial score (nSPS) is 17.9. The lowest BCUT2D eigenvalue weighted by atomic mass is 10.0. The molecule has 1 aromatic carbocycles. The molecule has 1 aromatic heterocycles. The van der Waals surface area contributed by atoms with E-state index in [2.05, 4.69) is 25.2 Å². The number of benzene rings is 1. The van der Waals surface area contributed by atoms with E-state index in [1.807, 2.05) is 12.1 Å². The lowest BCUT2D eigenvalue weighted by molar-refractivity contribution is 0.0749. The van der Waals surface area contributed by atoms with Gasteiger partial charge in [0.05, 0.1) is 19.2 Å². The minimum atomic E-state index is -0.235. The van der Waals surface area contributed by atoms with Crippen LogP contribution in [0.25, 0.3) is 0 Å². The SMILES string of the molecule is COc1ccc(OC2CCN(C3CCCC3)CC2)c(C(=O)NCCOc2nonc2C)c1. The second-order valence-corrected chi connectivity index (χ2v) is 8.41. The van der Waals surface area contributed by atoms with Gasteiger partial charge in [-0.3, -0.25) is 4.79 Å². The van der Waals surface area contributed by atoms with E-state index >= 15 is 0 Å². The summed E-state index contributed by atoms with van der Waals surface area (Å²) in [7, 11) is 1.58. The Hall–Kier alpha value is -2.81. The number of carbonyl (C=O) groups excluding carboxylic acids is 1. The van der Waals surface area contributed by atoms with Crippen LogP contribution in [0.15, 0.2) is 22.8 Å². The molecule has 2 aromatic rings. The standard InChI is InChI=1S/C23H32N4O5/c1-16-23(26-32-25-16)30-14-11-24-22(28)20-15-19(29-2)7-8-21(20)31-18-9-12-27(13-10-18)17-5-3-4-6-17/h7-8,15,17-18H,3-6,9-14H2,1-2H3,(H,24,28). The number of hydrogen-bond acceptors (Lipinski definition) is 8. The molecule has 0 radical (unpaired) electrons. The Morgan fingerprint density at radius 1 is 1.19 bits per heavy atom. The predicted octanol–water partition coefficient (Wildman–Crippen LogP) is 2.98. The molecule has 0 atom stereocenters. The number of rotatable bonds is 9. The van der Waals surface area contributed by atoms with Crippen LogP contribution >= 0.6 is 0 Å². The summed E-state index contributed by atoms with van der Waals surface area (Å²) in [5.41, 5.74) is 1.03. The summed E-state index contributed by atoms with van der Waals surface area (Å²) in [6.45, 7) is 4.41. The first-order chi connectivity index (χ1) is 15.6. The average molecular weight is 445 g/mol. The van der Waals surface area contributed by atoms with Gasteiger partial charge in [0.25, 0.3) is 11.8 Å². The van der Waals surface area contributed by atoms with E-state index in [9.17, 15) is 4.79 Å². The van der Waals surface area contributed by atoms with E-state index in [4.69, 9.17) is 14.2 Å². The fraction of sp³-hybridized carbons (Fsp3) is 0.609. The van der Waals surface area contributed by atoms with Crippen LogP contribution in [0, 0.1) is 6.92 Å². The number of carbonyl (C=O) groups is 1. The van der Waals surface area contributed by atoms with E-state index in [1.165, 1.54) is 25.7 Å². The van der Waals surface area contributed by atoms with Gasteiger partial charge in [0, 0.05) is 19.1 Å². The van der Waals surface area contributed by atoms with Crippen LogP contribution in [0.3, 0.4) is 0 Å². The Bertz CT molecular complexity index is 888. The Balaban J connectivity index is 1.32. The second-order valence-electron chi connectivity index (χ2n) is 8.41. The maximum Gasteiger partial charge on any atom is 0.278 e. The van der Waals surface area contributed by atoms with E-state index in [0.717, 1.165) is 32.0 Å². The minimum absolute atomic E-state index is 0.110. The zero-order valence-corrected chi connectivity index (χ0v) is 18.8. The highest BCUT2D eigenvalue weighted by Crippen LogP contribution is 2.30. The second kappa shape index (κ2) is 10.7. The summed E-state index contributed by atoms with van der Waals surface area (Å²) in [6, 6.07) is 6.10. The molecule has 32 heavy (non-hydrogen) atoms. The summed E-state index contributed by atoms with van der Waals surface area (Å²) >= 11 is 0. The molecule has 1 saturated heterocycles. The number of aryl methyl sites for hydroxylation is 1. The van der Waals surface area contributed by atoms with Crippen LogP contribution < -0.4 is 19.5 Å². The molecule has 0 unspecified atom stereocenters. The Morgan fingerprint density at radius 3 is 2.66 bits per heavy atom. The fourth-order valence-corrected chi connectivity index (χ4v) is 4.49. The molecule has 1 N–H and O–H groups in total. The molecule has 174 valence electrons. The van der Waals surface area contributed by atoms with Crippen LogP contribution in [0.2, 0.25) is 0 Å². The lowest BCUT2D eigenvalue weighted by Gasteiger charge is -2.36. The van der Waals surface area contributed by atoms with Crippen molar-refractivity contribution in [2.45, 2.75) is 57.6 Å². The summed E-state index contributed by atoms with van der Waals surface area (Å²) in [6.07, 6.45) is 7.41. The monoisotopic (exact) mass is 444 g/mol. The molecule has 2 heterocycles. The molecule has 9 nitrogen and oxygen atoms in total. The topological polar surface area (TPSA) is 99.0 Å². The van der Waals surface area contributed by atoms with Crippen LogP contribution in [0.5, 0.6) is 17.4 Å². The third kappa shape index (κ3) is 5.51. The van der Waals surface area contributed by atoms with E-state index in [0.29, 0.717) is 35.2 Å². The van der Waals surface area contributed by atoms with Crippen molar-refractivity contribution < 1.29 is 23.6 Å². The smallest absolute Gasteiger partial charge is 0.278 e. The highest BCUT2D eigenvalue weighted by Gasteiger charge is 2.28. The maximum atomic E-state index is 12.9. The maximum absolute atomic E-state index is 12.9. The predicted molar refractivity (Wildman–Crippen MR) is 117 cm³/mol. The van der Waals surface area contributed by atoms with Crippen LogP contribution in [-0.4, -0.2) is 66.6 Å². The van der Waals surface area contributed by atoms with Crippen molar-refractivity contribution in [1.29, 1.82) is 0 Å². The molecule has 4 rings (SSSR count). The lowest BCUT2D eigenvalue weighted by Crippen LogP contribution is -2.43. The van der Waals surface area contributed by atoms with Crippen LogP contribution in [0.4, 0.5) is 0 Å². The van der Waals surface area contributed by atoms with Gasteiger partial charge < -0.3 is 24.4 Å². The Labute approximate surface area is 188 Å². The van der Waals surface area contributed by atoms with E-state index in [1.54, 1.807) is 20.1 Å². The zero-order valence-electron chi connectivity index (χ0n) is 18.8. The van der Waals surface area contributed by atoms with Gasteiger partial charge >= 0.3 is 0 Å². The minimum Gasteiger partial charge on any atom is -0.497 e. The average Bonchev–Trinajstić information content (AvgIpc) is 3.49. The number of likely N-dealkylation sites (tertiary alicyclic amines) is 1. The number of nitrogens with zero attached hydrogens (tertiary/aromatic N) is 3. The summed E-state index contributed by atoms with van der Waals surface area (Å²) in [5.74, 6) is 1.29. The van der Waals surface area contributed by atoms with Crippen molar-refractivity contribution in [3.8, 4) is 17.4 Å². The van der Waals surface area contributed by atoms with Gasteiger partial charge in [-0.25, -0.2) is 4.63 Å². The van der Waals surface area contributed by atoms with Crippen molar-refractivity contribution in [2.24, 2.45) is 0 Å². The molecule has 2 aliphatic rings. The summed E-state index contributed by atoms with van der Waals surface area (Å²) in [5, 5.41) is 10.2. The van der Waals surface area contributed by atoms with Crippen molar-refractivity contribution in [3.05, 3.63) is 29.5 Å². The van der Waals surface area contributed by atoms with Crippen molar-refractivity contribution in [2.75, 3.05) is 33.4 Å². The largest absolute Gasteiger partial charge is 0.497 e. The van der Waals surface area contributed by atoms with E-state index in [-0.39, 0.29) is 18.6 Å². The molecule has 0 spiro atoms. The molecular formula is C23H32N4O5. The number of ether oxygens (including phenoxy) is 3. The first kappa shape index (κ1) is 22.4. The van der Waals surface area contributed by atoms with E-state index < -0.39 is 0 Å². The number of methoxy groups -OCH3 is 1. The molecule has 0 bridgehead atoms. The third-order valence-corrected chi connectivity index (χ3v) is 6.28. The Kier molecular flexibility index (Phi) is 7.47. The van der Waals surface area contributed by atoms with Gasteiger partial charge in [-0.2, -0.15) is 0 Å². The first-order valence-electron chi connectivity index (χ1n) is 11.4. The van der Waals surface area contributed by atoms with Gasteiger partial charge in [0.15, 0.2) is 0 Å². The molecule has 1 aliphatic carbocycles. The van der Waals surface area contributed by atoms with Gasteiger partial charge in [-0.15, -0.1) is 0 Å². The molecular weight excluding hydrogens is 412 g/mol. The van der Waals surface area contributed by atoms with Crippen LogP contribution in [-0.2, 0) is 0 Å². The number of hydrogen-bond donors (Lipinski definition) is 1. The number of amides is 1. The molecule has 9 heteroatoms. The first-order valence-corrected chi connectivity index (χ1v) is 11.4. The molecule has 1 amide bonds. The van der Waals surface area contributed by atoms with Crippen molar-refractivity contribution in [3.63, 3.8) is 0 Å². The molecule has 1 aliphatic heterocycles. The molecule has 2 fully saturated rings. The number of nitrogens with one attached hydrogen (secondary N) is 1. The summed E-state index contributed by atoms with van der Waals surface area (Å²) < 4.78 is 21.7. The number of piperidine rings is 1. The highest BCUT2D eigenvalue weighted by molar-refractivity contribution is 5.97. The van der Waals surface area contributed by atoms with Crippen molar-refractivity contribution >= 4 is 5.91 Å². The van der Waals surface area contributed by atoms with Gasteiger partial charge in [-0.05, 0) is 56.0 Å². The quantitative estimate of drug-likeness (QED) is 0.590. The van der Waals surface area contributed by atoms with Crippen molar-refractivity contribution in [1.82, 2.24) is 20.5 Å². The highest BCUT2D eigenvalue weighted by atomic mass is 16.6. The molecule has 1 saturated carbocycles.